The Morgan fingerprint density at radius 3 is 3.13 bits per heavy atom. The molecule has 6 heteroatoms. The number of fused-ring (bicyclic) bond motifs is 1. The number of thioether (sulfide) groups is 1. The minimum atomic E-state index is -1.04. The molecule has 15 heavy (non-hydrogen) atoms. The lowest BCUT2D eigenvalue weighted by atomic mass is 9.98. The second kappa shape index (κ2) is 3.86. The fourth-order valence-corrected chi connectivity index (χ4v) is 3.06. The van der Waals surface area contributed by atoms with Gasteiger partial charge >= 0.3 is 5.97 Å². The van der Waals surface area contributed by atoms with Crippen molar-refractivity contribution >= 4 is 23.6 Å². The summed E-state index contributed by atoms with van der Waals surface area (Å²) in [5, 5.41) is 8.83. The Balaban J connectivity index is 2.15. The third kappa shape index (κ3) is 1.53. The van der Waals surface area contributed by atoms with Gasteiger partial charge in [-0.15, -0.1) is 11.8 Å². The van der Waals surface area contributed by atoms with Crippen LogP contribution in [0, 0.1) is 5.92 Å². The van der Waals surface area contributed by atoms with Crippen molar-refractivity contribution in [2.75, 3.05) is 19.5 Å². The fraction of sp³-hybridized carbons (Fsp3) is 0.556. The number of hydrogen-bond donors (Lipinski definition) is 1. The Labute approximate surface area is 91.1 Å². The third-order valence-corrected chi connectivity index (χ3v) is 3.76. The van der Waals surface area contributed by atoms with Crippen LogP contribution in [0.25, 0.3) is 0 Å². The largest absolute Gasteiger partial charge is 0.477 e. The first kappa shape index (κ1) is 10.5. The predicted molar refractivity (Wildman–Crippen MR) is 54.2 cm³/mol. The maximum absolute atomic E-state index is 11.6. The molecule has 0 radical (unpaired) electrons. The summed E-state index contributed by atoms with van der Waals surface area (Å²) in [6.45, 7) is 0.361. The Morgan fingerprint density at radius 2 is 2.53 bits per heavy atom. The molecule has 1 N–H and O–H groups in total. The Hall–Kier alpha value is -1.01. The molecule has 1 fully saturated rings. The summed E-state index contributed by atoms with van der Waals surface area (Å²) in [5.41, 5.74) is 0.108. The molecule has 1 saturated heterocycles. The van der Waals surface area contributed by atoms with E-state index in [1.807, 2.05) is 0 Å². The van der Waals surface area contributed by atoms with Gasteiger partial charge in [-0.25, -0.2) is 4.79 Å². The SMILES string of the molecule is COCC1C(=O)N2C(C(=O)O)=CCS[C@@H]12. The highest BCUT2D eigenvalue weighted by Gasteiger charge is 2.51. The van der Waals surface area contributed by atoms with Gasteiger partial charge in [-0.1, -0.05) is 0 Å². The van der Waals surface area contributed by atoms with Crippen molar-refractivity contribution in [1.82, 2.24) is 4.90 Å². The molecule has 2 aliphatic rings. The van der Waals surface area contributed by atoms with Crippen LogP contribution in [0.15, 0.2) is 11.8 Å². The maximum Gasteiger partial charge on any atom is 0.352 e. The highest BCUT2D eigenvalue weighted by molar-refractivity contribution is 8.00. The number of carbonyl (C=O) groups is 2. The van der Waals surface area contributed by atoms with E-state index in [0.717, 1.165) is 0 Å². The molecule has 0 aromatic carbocycles. The smallest absolute Gasteiger partial charge is 0.352 e. The van der Waals surface area contributed by atoms with E-state index in [9.17, 15) is 9.59 Å². The Morgan fingerprint density at radius 1 is 1.80 bits per heavy atom. The number of carboxylic acid groups (broad SMARTS) is 1. The summed E-state index contributed by atoms with van der Waals surface area (Å²) in [4.78, 5) is 23.8. The zero-order chi connectivity index (χ0) is 11.0. The van der Waals surface area contributed by atoms with E-state index in [1.165, 1.54) is 12.0 Å². The van der Waals surface area contributed by atoms with Crippen LogP contribution in [0.5, 0.6) is 0 Å². The zero-order valence-corrected chi connectivity index (χ0v) is 8.99. The average molecular weight is 229 g/mol. The average Bonchev–Trinajstić information content (AvgIpc) is 2.24. The summed E-state index contributed by atoms with van der Waals surface area (Å²) in [6.07, 6.45) is 1.57. The van der Waals surface area contributed by atoms with E-state index in [0.29, 0.717) is 12.4 Å². The van der Waals surface area contributed by atoms with Gasteiger partial charge in [0.2, 0.25) is 5.91 Å². The van der Waals surface area contributed by atoms with Crippen molar-refractivity contribution in [2.45, 2.75) is 5.37 Å². The number of aliphatic carboxylic acids is 1. The van der Waals surface area contributed by atoms with Crippen molar-refractivity contribution in [3.63, 3.8) is 0 Å². The van der Waals surface area contributed by atoms with Crippen molar-refractivity contribution in [3.8, 4) is 0 Å². The van der Waals surface area contributed by atoms with E-state index in [-0.39, 0.29) is 22.9 Å². The highest BCUT2D eigenvalue weighted by atomic mass is 32.2. The van der Waals surface area contributed by atoms with Crippen molar-refractivity contribution in [2.24, 2.45) is 5.92 Å². The molecule has 0 aromatic rings. The molecule has 2 aliphatic heterocycles. The lowest BCUT2D eigenvalue weighted by Crippen LogP contribution is -2.62. The normalized spacial score (nSPS) is 29.3. The standard InChI is InChI=1S/C9H11NO4S/c1-14-4-5-7(11)10-6(9(12)13)2-3-15-8(5)10/h2,5,8H,3-4H2,1H3,(H,12,13)/t5?,8-/m0/s1. The molecule has 1 amide bonds. The summed E-state index contributed by atoms with van der Waals surface area (Å²) >= 11 is 1.57. The van der Waals surface area contributed by atoms with E-state index >= 15 is 0 Å². The van der Waals surface area contributed by atoms with Crippen LogP contribution in [0.2, 0.25) is 0 Å². The van der Waals surface area contributed by atoms with Gasteiger partial charge in [0.25, 0.3) is 0 Å². The van der Waals surface area contributed by atoms with E-state index in [2.05, 4.69) is 0 Å². The van der Waals surface area contributed by atoms with Gasteiger partial charge in [-0.3, -0.25) is 9.69 Å². The molecule has 0 saturated carbocycles. The number of rotatable bonds is 3. The minimum absolute atomic E-state index is 0.0615. The van der Waals surface area contributed by atoms with Gasteiger partial charge < -0.3 is 9.84 Å². The molecule has 0 spiro atoms. The summed E-state index contributed by atoms with van der Waals surface area (Å²) < 4.78 is 4.93. The molecule has 82 valence electrons. The number of β-lactam (4-membered cyclic amide) rings is 1. The fourth-order valence-electron chi connectivity index (χ4n) is 1.82. The monoisotopic (exact) mass is 229 g/mol. The van der Waals surface area contributed by atoms with E-state index in [1.54, 1.807) is 17.8 Å². The van der Waals surface area contributed by atoms with Crippen LogP contribution in [-0.4, -0.2) is 46.7 Å². The number of nitrogens with zero attached hydrogens (tertiary/aromatic N) is 1. The summed E-state index contributed by atoms with van der Waals surface area (Å²) in [6, 6.07) is 0. The van der Waals surface area contributed by atoms with Crippen LogP contribution in [-0.2, 0) is 14.3 Å². The van der Waals surface area contributed by atoms with Gasteiger partial charge in [-0.2, -0.15) is 0 Å². The lowest BCUT2D eigenvalue weighted by molar-refractivity contribution is -0.154. The van der Waals surface area contributed by atoms with Crippen LogP contribution < -0.4 is 0 Å². The van der Waals surface area contributed by atoms with Crippen LogP contribution in [0.3, 0.4) is 0 Å². The number of hydrogen-bond acceptors (Lipinski definition) is 4. The second-order valence-corrected chi connectivity index (χ2v) is 4.54. The number of ether oxygens (including phenoxy) is 1. The molecule has 2 atom stereocenters. The first-order chi connectivity index (χ1) is 7.16. The van der Waals surface area contributed by atoms with Crippen molar-refractivity contribution in [3.05, 3.63) is 11.8 Å². The van der Waals surface area contributed by atoms with Gasteiger partial charge in [0.1, 0.15) is 5.70 Å². The quantitative estimate of drug-likeness (QED) is 0.697. The van der Waals surface area contributed by atoms with E-state index < -0.39 is 5.97 Å². The van der Waals surface area contributed by atoms with Gasteiger partial charge in [-0.05, 0) is 6.08 Å². The summed E-state index contributed by atoms with van der Waals surface area (Å²) in [5.74, 6) is -0.744. The van der Waals surface area contributed by atoms with E-state index in [4.69, 9.17) is 9.84 Å². The van der Waals surface area contributed by atoms with Gasteiger partial charge in [0, 0.05) is 12.9 Å². The first-order valence-electron chi connectivity index (χ1n) is 4.54. The van der Waals surface area contributed by atoms with Gasteiger partial charge in [0.15, 0.2) is 0 Å². The van der Waals surface area contributed by atoms with Crippen molar-refractivity contribution in [1.29, 1.82) is 0 Å². The van der Waals surface area contributed by atoms with Crippen LogP contribution >= 0.6 is 11.8 Å². The Kier molecular flexibility index (Phi) is 2.70. The minimum Gasteiger partial charge on any atom is -0.477 e. The van der Waals surface area contributed by atoms with Crippen LogP contribution in [0.1, 0.15) is 0 Å². The number of carboxylic acids is 1. The molecule has 0 bridgehead atoms. The highest BCUT2D eigenvalue weighted by Crippen LogP contribution is 2.41. The van der Waals surface area contributed by atoms with Crippen LogP contribution in [0.4, 0.5) is 0 Å². The number of amides is 1. The molecule has 0 aromatic heterocycles. The van der Waals surface area contributed by atoms with Gasteiger partial charge in [0.05, 0.1) is 17.9 Å². The number of methoxy groups -OCH3 is 1. The topological polar surface area (TPSA) is 66.8 Å². The molecular weight excluding hydrogens is 218 g/mol. The Bertz CT molecular complexity index is 341. The molecule has 2 heterocycles. The molecule has 0 aliphatic carbocycles. The molecular formula is C9H11NO4S. The van der Waals surface area contributed by atoms with Crippen molar-refractivity contribution < 1.29 is 19.4 Å². The zero-order valence-electron chi connectivity index (χ0n) is 8.17. The summed E-state index contributed by atoms with van der Waals surface area (Å²) in [7, 11) is 1.54. The first-order valence-corrected chi connectivity index (χ1v) is 5.58. The second-order valence-electron chi connectivity index (χ2n) is 3.39. The molecule has 2 rings (SSSR count). The lowest BCUT2D eigenvalue weighted by Gasteiger charge is -2.48. The molecule has 5 nitrogen and oxygen atoms in total. The predicted octanol–water partition coefficient (Wildman–Crippen LogP) is 0.133. The maximum atomic E-state index is 11.6. The molecule has 1 unspecified atom stereocenters. The number of carbonyl (C=O) groups excluding carboxylic acids is 1. The third-order valence-electron chi connectivity index (χ3n) is 2.52.